The summed E-state index contributed by atoms with van der Waals surface area (Å²) in [6, 6.07) is 10.5. The molecule has 7 nitrogen and oxygen atoms in total. The van der Waals surface area contributed by atoms with Gasteiger partial charge in [0.05, 0.1) is 17.8 Å². The van der Waals surface area contributed by atoms with Crippen LogP contribution in [0, 0.1) is 0 Å². The van der Waals surface area contributed by atoms with Crippen molar-refractivity contribution in [2.75, 3.05) is 12.4 Å². The zero-order chi connectivity index (χ0) is 18.1. The highest BCUT2D eigenvalue weighted by Gasteiger charge is 2.12. The Kier molecular flexibility index (Phi) is 4.27. The number of carbonyl (C=O) groups is 1. The Bertz CT molecular complexity index is 1110. The van der Waals surface area contributed by atoms with Crippen LogP contribution in [0.25, 0.3) is 22.3 Å². The van der Waals surface area contributed by atoms with Gasteiger partial charge in [0, 0.05) is 16.5 Å². The number of aromatic amines is 1. The molecule has 0 spiro atoms. The Hall–Kier alpha value is -2.97. The lowest BCUT2D eigenvalue weighted by Crippen LogP contribution is -2.11. The van der Waals surface area contributed by atoms with E-state index in [-0.39, 0.29) is 5.91 Å². The Morgan fingerprint density at radius 3 is 2.85 bits per heavy atom. The molecule has 26 heavy (non-hydrogen) atoms. The van der Waals surface area contributed by atoms with Gasteiger partial charge in [-0.05, 0) is 36.4 Å². The van der Waals surface area contributed by atoms with E-state index < -0.39 is 0 Å². The van der Waals surface area contributed by atoms with Gasteiger partial charge in [0.25, 0.3) is 5.91 Å². The first-order chi connectivity index (χ1) is 12.6. The maximum absolute atomic E-state index is 12.4. The molecule has 4 rings (SSSR count). The van der Waals surface area contributed by atoms with E-state index in [1.807, 2.05) is 11.4 Å². The first-order valence-corrected chi connectivity index (χ1v) is 8.81. The van der Waals surface area contributed by atoms with E-state index in [1.54, 1.807) is 37.4 Å². The molecule has 1 amide bonds. The molecule has 0 unspecified atom stereocenters. The molecular weight excluding hydrogens is 374 g/mol. The molecule has 2 N–H and O–H groups in total. The third-order valence-electron chi connectivity index (χ3n) is 3.75. The van der Waals surface area contributed by atoms with Gasteiger partial charge in [-0.3, -0.25) is 10.1 Å². The number of hydrogen-bond acceptors (Lipinski definition) is 6. The summed E-state index contributed by atoms with van der Waals surface area (Å²) in [4.78, 5) is 16.9. The average Bonchev–Trinajstić information content (AvgIpc) is 3.30. The quantitative estimate of drug-likeness (QED) is 0.554. The van der Waals surface area contributed by atoms with E-state index in [4.69, 9.17) is 16.3 Å². The maximum atomic E-state index is 12.4. The van der Waals surface area contributed by atoms with Crippen LogP contribution in [0.2, 0.25) is 5.02 Å². The molecule has 0 atom stereocenters. The summed E-state index contributed by atoms with van der Waals surface area (Å²) in [6.07, 6.45) is 0. The van der Waals surface area contributed by atoms with Crippen molar-refractivity contribution in [2.24, 2.45) is 0 Å². The van der Waals surface area contributed by atoms with E-state index in [0.29, 0.717) is 32.5 Å². The number of nitrogens with one attached hydrogen (secondary N) is 2. The van der Waals surface area contributed by atoms with Crippen LogP contribution in [-0.4, -0.2) is 33.4 Å². The highest BCUT2D eigenvalue weighted by Crippen LogP contribution is 2.31. The van der Waals surface area contributed by atoms with Gasteiger partial charge in [-0.1, -0.05) is 11.6 Å². The molecule has 4 aromatic rings. The molecule has 130 valence electrons. The summed E-state index contributed by atoms with van der Waals surface area (Å²) in [5.74, 6) is 0.339. The van der Waals surface area contributed by atoms with Gasteiger partial charge in [0.15, 0.2) is 5.13 Å². The number of halogens is 1. The zero-order valence-corrected chi connectivity index (χ0v) is 15.1. The third kappa shape index (κ3) is 3.12. The van der Waals surface area contributed by atoms with Crippen LogP contribution < -0.4 is 10.1 Å². The van der Waals surface area contributed by atoms with Crippen LogP contribution in [0.5, 0.6) is 5.75 Å². The van der Waals surface area contributed by atoms with Gasteiger partial charge in [-0.2, -0.15) is 15.4 Å². The molecule has 0 aliphatic heterocycles. The number of hydrogen-bond donors (Lipinski definition) is 2. The average molecular weight is 386 g/mol. The van der Waals surface area contributed by atoms with Crippen molar-refractivity contribution >= 4 is 45.0 Å². The van der Waals surface area contributed by atoms with Gasteiger partial charge in [-0.15, -0.1) is 11.3 Å². The van der Waals surface area contributed by atoms with Crippen molar-refractivity contribution in [3.63, 3.8) is 0 Å². The predicted octanol–water partition coefficient (Wildman–Crippen LogP) is 4.00. The lowest BCUT2D eigenvalue weighted by molar-refractivity contribution is 0.102. The minimum Gasteiger partial charge on any atom is -0.495 e. The molecule has 0 fully saturated rings. The van der Waals surface area contributed by atoms with Crippen LogP contribution in [0.15, 0.2) is 41.8 Å². The van der Waals surface area contributed by atoms with Crippen LogP contribution in [0.4, 0.5) is 5.13 Å². The normalized spacial score (nSPS) is 10.8. The Balaban J connectivity index is 1.54. The minimum absolute atomic E-state index is 0.261. The lowest BCUT2D eigenvalue weighted by Gasteiger charge is -2.04. The SMILES string of the molecule is COc1ccc(-c2csc(NC(=O)c3ccc4n[nH]nc4c3)n2)cc1Cl. The van der Waals surface area contributed by atoms with Gasteiger partial charge in [0.1, 0.15) is 16.8 Å². The number of nitrogens with zero attached hydrogens (tertiary/aromatic N) is 3. The molecule has 0 aliphatic rings. The number of rotatable bonds is 4. The molecule has 0 radical (unpaired) electrons. The monoisotopic (exact) mass is 385 g/mol. The maximum Gasteiger partial charge on any atom is 0.257 e. The van der Waals surface area contributed by atoms with Crippen LogP contribution in [0.1, 0.15) is 10.4 Å². The molecule has 2 aromatic carbocycles. The van der Waals surface area contributed by atoms with Crippen molar-refractivity contribution in [3.8, 4) is 17.0 Å². The Morgan fingerprint density at radius 1 is 1.19 bits per heavy atom. The number of ether oxygens (including phenoxy) is 1. The summed E-state index contributed by atoms with van der Waals surface area (Å²) >= 11 is 7.49. The van der Waals surface area contributed by atoms with Crippen LogP contribution in [-0.2, 0) is 0 Å². The Labute approximate surface area is 157 Å². The molecule has 0 saturated carbocycles. The predicted molar refractivity (Wildman–Crippen MR) is 101 cm³/mol. The molecule has 0 aliphatic carbocycles. The third-order valence-corrected chi connectivity index (χ3v) is 4.80. The fourth-order valence-corrected chi connectivity index (χ4v) is 3.41. The number of H-pyrrole nitrogens is 1. The topological polar surface area (TPSA) is 92.8 Å². The number of anilines is 1. The number of methoxy groups -OCH3 is 1. The second-order valence-electron chi connectivity index (χ2n) is 5.37. The summed E-state index contributed by atoms with van der Waals surface area (Å²) in [7, 11) is 1.56. The highest BCUT2D eigenvalue weighted by atomic mass is 35.5. The molecule has 9 heteroatoms. The number of thiazole rings is 1. The van der Waals surface area contributed by atoms with E-state index >= 15 is 0 Å². The number of fused-ring (bicyclic) bond motifs is 1. The highest BCUT2D eigenvalue weighted by molar-refractivity contribution is 7.14. The van der Waals surface area contributed by atoms with Gasteiger partial charge in [-0.25, -0.2) is 4.98 Å². The van der Waals surface area contributed by atoms with E-state index in [9.17, 15) is 4.79 Å². The summed E-state index contributed by atoms with van der Waals surface area (Å²) in [5.41, 5.74) is 3.38. The number of aromatic nitrogens is 4. The van der Waals surface area contributed by atoms with Crippen LogP contribution in [0.3, 0.4) is 0 Å². The van der Waals surface area contributed by atoms with Gasteiger partial charge in [0.2, 0.25) is 0 Å². The van der Waals surface area contributed by atoms with E-state index in [1.165, 1.54) is 11.3 Å². The fourth-order valence-electron chi connectivity index (χ4n) is 2.44. The van der Waals surface area contributed by atoms with E-state index in [0.717, 1.165) is 11.3 Å². The summed E-state index contributed by atoms with van der Waals surface area (Å²) in [5, 5.41) is 16.1. The number of amides is 1. The minimum atomic E-state index is -0.261. The second kappa shape index (κ2) is 6.74. The summed E-state index contributed by atoms with van der Waals surface area (Å²) < 4.78 is 5.15. The molecule has 2 heterocycles. The standard InChI is InChI=1S/C17H12ClN5O2S/c1-25-15-5-3-9(6-11(15)18)14-8-26-17(19-14)20-16(24)10-2-4-12-13(7-10)22-23-21-12/h2-8H,1H3,(H,19,20,24)(H,21,22,23). The summed E-state index contributed by atoms with van der Waals surface area (Å²) in [6.45, 7) is 0. The van der Waals surface area contributed by atoms with Crippen LogP contribution >= 0.6 is 22.9 Å². The Morgan fingerprint density at radius 2 is 2.04 bits per heavy atom. The number of carbonyl (C=O) groups excluding carboxylic acids is 1. The molecule has 0 bridgehead atoms. The fraction of sp³-hybridized carbons (Fsp3) is 0.0588. The molecular formula is C17H12ClN5O2S. The molecule has 0 saturated heterocycles. The smallest absolute Gasteiger partial charge is 0.257 e. The molecule has 2 aromatic heterocycles. The lowest BCUT2D eigenvalue weighted by atomic mass is 10.2. The van der Waals surface area contributed by atoms with E-state index in [2.05, 4.69) is 25.7 Å². The second-order valence-corrected chi connectivity index (χ2v) is 6.63. The zero-order valence-electron chi connectivity index (χ0n) is 13.5. The van der Waals surface area contributed by atoms with Gasteiger partial charge < -0.3 is 4.74 Å². The van der Waals surface area contributed by atoms with Crippen molar-refractivity contribution in [1.82, 2.24) is 20.4 Å². The van der Waals surface area contributed by atoms with Gasteiger partial charge >= 0.3 is 0 Å². The van der Waals surface area contributed by atoms with Crippen molar-refractivity contribution in [3.05, 3.63) is 52.4 Å². The van der Waals surface area contributed by atoms with Crippen molar-refractivity contribution in [2.45, 2.75) is 0 Å². The number of benzene rings is 2. The van der Waals surface area contributed by atoms with Crippen molar-refractivity contribution < 1.29 is 9.53 Å². The largest absolute Gasteiger partial charge is 0.495 e. The first-order valence-electron chi connectivity index (χ1n) is 7.55. The van der Waals surface area contributed by atoms with Crippen molar-refractivity contribution in [1.29, 1.82) is 0 Å². The first kappa shape index (κ1) is 16.5.